The van der Waals surface area contributed by atoms with Crippen LogP contribution in [0.4, 0.5) is 0 Å². The summed E-state index contributed by atoms with van der Waals surface area (Å²) in [6.07, 6.45) is 5.24. The lowest BCUT2D eigenvalue weighted by atomic mass is 9.90. The predicted octanol–water partition coefficient (Wildman–Crippen LogP) is 1.72. The highest BCUT2D eigenvalue weighted by Crippen LogP contribution is 2.36. The Morgan fingerprint density at radius 2 is 1.50 bits per heavy atom. The Balaban J connectivity index is 2.18. The highest BCUT2D eigenvalue weighted by molar-refractivity contribution is 5.93. The van der Waals surface area contributed by atoms with Crippen LogP contribution < -0.4 is 0 Å². The minimum atomic E-state index is 0.111. The van der Waals surface area contributed by atoms with Gasteiger partial charge >= 0.3 is 0 Å². The Morgan fingerprint density at radius 3 is 2.33 bits per heavy atom. The fraction of sp³-hybridized carbons (Fsp3) is 0.800. The van der Waals surface area contributed by atoms with E-state index in [0.29, 0.717) is 24.4 Å². The third-order valence-corrected chi connectivity index (χ3v) is 3.20. The Labute approximate surface area is 72.3 Å². The van der Waals surface area contributed by atoms with Gasteiger partial charge in [-0.3, -0.25) is 9.59 Å². The van der Waals surface area contributed by atoms with Gasteiger partial charge in [-0.1, -0.05) is 6.42 Å². The number of ketones is 2. The lowest BCUT2D eigenvalue weighted by Gasteiger charge is -2.11. The molecule has 0 aromatic rings. The zero-order chi connectivity index (χ0) is 8.55. The van der Waals surface area contributed by atoms with Gasteiger partial charge in [-0.05, 0) is 19.3 Å². The number of fused-ring (bicyclic) bond motifs is 1. The summed E-state index contributed by atoms with van der Waals surface area (Å²) in [6.45, 7) is 0. The quantitative estimate of drug-likeness (QED) is 0.549. The highest BCUT2D eigenvalue weighted by atomic mass is 16.1. The van der Waals surface area contributed by atoms with E-state index in [1.54, 1.807) is 0 Å². The molecule has 66 valence electrons. The lowest BCUT2D eigenvalue weighted by Crippen LogP contribution is -2.19. The van der Waals surface area contributed by atoms with Crippen LogP contribution in [-0.4, -0.2) is 11.6 Å². The second kappa shape index (κ2) is 3.00. The summed E-state index contributed by atoms with van der Waals surface area (Å²) in [5.41, 5.74) is 0. The van der Waals surface area contributed by atoms with E-state index in [2.05, 4.69) is 0 Å². The molecule has 0 aromatic heterocycles. The Hall–Kier alpha value is -0.660. The van der Waals surface area contributed by atoms with Gasteiger partial charge < -0.3 is 0 Å². The van der Waals surface area contributed by atoms with Crippen LogP contribution in [0.1, 0.15) is 38.5 Å². The molecule has 0 unspecified atom stereocenters. The van der Waals surface area contributed by atoms with Crippen LogP contribution in [0.15, 0.2) is 0 Å². The molecule has 0 heterocycles. The molecule has 0 N–H and O–H groups in total. The molecule has 2 nitrogen and oxygen atoms in total. The van der Waals surface area contributed by atoms with E-state index in [1.807, 2.05) is 0 Å². The van der Waals surface area contributed by atoms with Gasteiger partial charge in [0.05, 0.1) is 0 Å². The smallest absolute Gasteiger partial charge is 0.136 e. The van der Waals surface area contributed by atoms with Gasteiger partial charge in [0, 0.05) is 24.7 Å². The van der Waals surface area contributed by atoms with Crippen molar-refractivity contribution in [2.75, 3.05) is 0 Å². The van der Waals surface area contributed by atoms with Crippen molar-refractivity contribution < 1.29 is 9.59 Å². The van der Waals surface area contributed by atoms with Crippen LogP contribution in [0.2, 0.25) is 0 Å². The van der Waals surface area contributed by atoms with Crippen molar-refractivity contribution in [1.29, 1.82) is 0 Å². The topological polar surface area (TPSA) is 34.1 Å². The maximum absolute atomic E-state index is 11.5. The normalized spacial score (nSPS) is 36.3. The van der Waals surface area contributed by atoms with E-state index in [1.165, 1.54) is 0 Å². The van der Waals surface area contributed by atoms with Gasteiger partial charge in [-0.2, -0.15) is 0 Å². The van der Waals surface area contributed by atoms with Crippen molar-refractivity contribution in [3.8, 4) is 0 Å². The Morgan fingerprint density at radius 1 is 0.833 bits per heavy atom. The summed E-state index contributed by atoms with van der Waals surface area (Å²) in [5.74, 6) is 0.915. The number of rotatable bonds is 0. The van der Waals surface area contributed by atoms with Crippen molar-refractivity contribution in [2.45, 2.75) is 38.5 Å². The SMILES string of the molecule is O=C1CC[C@@H]2C(=O)CCCC[C@H]12. The van der Waals surface area contributed by atoms with Crippen LogP contribution in [0.5, 0.6) is 0 Å². The molecule has 0 spiro atoms. The molecule has 2 aliphatic carbocycles. The molecule has 0 aromatic carbocycles. The first kappa shape index (κ1) is 7.96. The standard InChI is InChI=1S/C10H14O2/c11-9-4-2-1-3-7-8(9)5-6-10(7)12/h7-8H,1-6H2/t7-,8-/m0/s1. The molecule has 2 heteroatoms. The molecular formula is C10H14O2. The Kier molecular flexibility index (Phi) is 1.99. The highest BCUT2D eigenvalue weighted by Gasteiger charge is 2.39. The molecule has 0 radical (unpaired) electrons. The monoisotopic (exact) mass is 166 g/mol. The molecule has 2 saturated carbocycles. The maximum Gasteiger partial charge on any atom is 0.136 e. The van der Waals surface area contributed by atoms with Gasteiger partial charge in [-0.25, -0.2) is 0 Å². The number of hydrogen-bond donors (Lipinski definition) is 0. The summed E-state index contributed by atoms with van der Waals surface area (Å²) in [7, 11) is 0. The molecule has 2 atom stereocenters. The first-order valence-electron chi connectivity index (χ1n) is 4.84. The zero-order valence-corrected chi connectivity index (χ0v) is 7.21. The number of hydrogen-bond acceptors (Lipinski definition) is 2. The summed E-state index contributed by atoms with van der Waals surface area (Å²) in [5, 5.41) is 0. The third kappa shape index (κ3) is 1.19. The Bertz CT molecular complexity index is 220. The fourth-order valence-corrected chi connectivity index (χ4v) is 2.51. The van der Waals surface area contributed by atoms with Crippen LogP contribution in [0.25, 0.3) is 0 Å². The van der Waals surface area contributed by atoms with E-state index in [9.17, 15) is 9.59 Å². The molecule has 0 saturated heterocycles. The van der Waals surface area contributed by atoms with Gasteiger partial charge in [-0.15, -0.1) is 0 Å². The minimum Gasteiger partial charge on any atom is -0.299 e. The molecular weight excluding hydrogens is 152 g/mol. The first-order chi connectivity index (χ1) is 5.79. The van der Waals surface area contributed by atoms with Crippen LogP contribution in [-0.2, 0) is 9.59 Å². The molecule has 12 heavy (non-hydrogen) atoms. The average molecular weight is 166 g/mol. The predicted molar refractivity (Wildman–Crippen MR) is 44.7 cm³/mol. The van der Waals surface area contributed by atoms with Gasteiger partial charge in [0.1, 0.15) is 11.6 Å². The molecule has 2 rings (SSSR count). The lowest BCUT2D eigenvalue weighted by molar-refractivity contribution is -0.127. The van der Waals surface area contributed by atoms with E-state index in [-0.39, 0.29) is 11.8 Å². The van der Waals surface area contributed by atoms with Crippen LogP contribution in [0, 0.1) is 11.8 Å². The van der Waals surface area contributed by atoms with Crippen molar-refractivity contribution in [3.63, 3.8) is 0 Å². The zero-order valence-electron chi connectivity index (χ0n) is 7.21. The number of Topliss-reactive ketones (excluding diaryl/α,β-unsaturated/α-hetero) is 2. The van der Waals surface area contributed by atoms with Crippen molar-refractivity contribution in [3.05, 3.63) is 0 Å². The fourth-order valence-electron chi connectivity index (χ4n) is 2.51. The molecule has 2 aliphatic rings. The van der Waals surface area contributed by atoms with Gasteiger partial charge in [0.15, 0.2) is 0 Å². The van der Waals surface area contributed by atoms with Crippen LogP contribution in [0.3, 0.4) is 0 Å². The van der Waals surface area contributed by atoms with Crippen LogP contribution >= 0.6 is 0 Å². The molecule has 0 bridgehead atoms. The van der Waals surface area contributed by atoms with Crippen molar-refractivity contribution in [2.24, 2.45) is 11.8 Å². The second-order valence-corrected chi connectivity index (χ2v) is 3.93. The first-order valence-corrected chi connectivity index (χ1v) is 4.84. The summed E-state index contributed by atoms with van der Waals surface area (Å²) in [6, 6.07) is 0. The van der Waals surface area contributed by atoms with E-state index in [0.717, 1.165) is 25.7 Å². The molecule has 2 fully saturated rings. The average Bonchev–Trinajstić information content (AvgIpc) is 2.30. The van der Waals surface area contributed by atoms with Gasteiger partial charge in [0.25, 0.3) is 0 Å². The van der Waals surface area contributed by atoms with Crippen molar-refractivity contribution in [1.82, 2.24) is 0 Å². The van der Waals surface area contributed by atoms with E-state index < -0.39 is 0 Å². The summed E-state index contributed by atoms with van der Waals surface area (Å²) in [4.78, 5) is 22.8. The number of carbonyl (C=O) groups is 2. The maximum atomic E-state index is 11.5. The second-order valence-electron chi connectivity index (χ2n) is 3.93. The van der Waals surface area contributed by atoms with Crippen molar-refractivity contribution >= 4 is 11.6 Å². The molecule has 0 amide bonds. The van der Waals surface area contributed by atoms with E-state index in [4.69, 9.17) is 0 Å². The molecule has 0 aliphatic heterocycles. The van der Waals surface area contributed by atoms with Gasteiger partial charge in [0.2, 0.25) is 0 Å². The summed E-state index contributed by atoms with van der Waals surface area (Å²) < 4.78 is 0. The minimum absolute atomic E-state index is 0.111. The third-order valence-electron chi connectivity index (χ3n) is 3.20. The largest absolute Gasteiger partial charge is 0.299 e. The summed E-state index contributed by atoms with van der Waals surface area (Å²) >= 11 is 0. The van der Waals surface area contributed by atoms with E-state index >= 15 is 0 Å². The number of carbonyl (C=O) groups excluding carboxylic acids is 2.